The quantitative estimate of drug-likeness (QED) is 0.709. The van der Waals surface area contributed by atoms with Gasteiger partial charge in [-0.25, -0.2) is 0 Å². The Hall–Kier alpha value is -1.88. The van der Waals surface area contributed by atoms with Gasteiger partial charge in [0.05, 0.1) is 6.61 Å². The molecule has 5 heteroatoms. The lowest BCUT2D eigenvalue weighted by atomic mass is 9.93. The number of carbonyl (C=O) groups excluding carboxylic acids is 2. The summed E-state index contributed by atoms with van der Waals surface area (Å²) in [6, 6.07) is 9.26. The topological polar surface area (TPSA) is 72.8 Å². The third-order valence-electron chi connectivity index (χ3n) is 3.34. The summed E-state index contributed by atoms with van der Waals surface area (Å²) in [6.45, 7) is 3.00. The first kappa shape index (κ1) is 18.2. The first-order valence-electron chi connectivity index (χ1n) is 7.49. The summed E-state index contributed by atoms with van der Waals surface area (Å²) in [5.74, 6) is -0.945. The maximum atomic E-state index is 12.1. The van der Waals surface area contributed by atoms with Crippen LogP contribution in [0.15, 0.2) is 30.3 Å². The molecule has 1 unspecified atom stereocenters. The molecule has 0 aliphatic rings. The Bertz CT molecular complexity index is 471. The Labute approximate surface area is 131 Å². The molecule has 0 aliphatic heterocycles. The second-order valence-corrected chi connectivity index (χ2v) is 5.54. The zero-order valence-electron chi connectivity index (χ0n) is 13.2. The molecule has 0 radical (unpaired) electrons. The monoisotopic (exact) mass is 308 g/mol. The van der Waals surface area contributed by atoms with E-state index in [2.05, 4.69) is 0 Å². The lowest BCUT2D eigenvalue weighted by Crippen LogP contribution is -2.38. The molecular formula is C17H24O5. The predicted molar refractivity (Wildman–Crippen MR) is 81.9 cm³/mol. The van der Waals surface area contributed by atoms with Crippen molar-refractivity contribution in [2.24, 2.45) is 5.41 Å². The van der Waals surface area contributed by atoms with Gasteiger partial charge in [0.15, 0.2) is 0 Å². The van der Waals surface area contributed by atoms with E-state index in [1.807, 2.05) is 37.3 Å². The molecule has 0 aromatic heterocycles. The molecule has 22 heavy (non-hydrogen) atoms. The Kier molecular flexibility index (Phi) is 7.60. The zero-order valence-corrected chi connectivity index (χ0v) is 13.2. The van der Waals surface area contributed by atoms with Crippen molar-refractivity contribution in [1.29, 1.82) is 0 Å². The molecule has 0 amide bonds. The summed E-state index contributed by atoms with van der Waals surface area (Å²) >= 11 is 0. The van der Waals surface area contributed by atoms with Crippen molar-refractivity contribution in [2.75, 3.05) is 13.2 Å². The van der Waals surface area contributed by atoms with E-state index in [-0.39, 0.29) is 19.2 Å². The fraction of sp³-hybridized carbons (Fsp3) is 0.529. The number of rotatable bonds is 9. The molecule has 0 saturated heterocycles. The van der Waals surface area contributed by atoms with Crippen LogP contribution < -0.4 is 0 Å². The molecule has 122 valence electrons. The Morgan fingerprint density at radius 3 is 2.45 bits per heavy atom. The number of carbonyl (C=O) groups is 2. The largest absolute Gasteiger partial charge is 0.464 e. The van der Waals surface area contributed by atoms with Crippen LogP contribution in [0.3, 0.4) is 0 Å². The van der Waals surface area contributed by atoms with Gasteiger partial charge in [-0.3, -0.25) is 9.59 Å². The van der Waals surface area contributed by atoms with E-state index in [0.717, 1.165) is 18.4 Å². The van der Waals surface area contributed by atoms with Crippen LogP contribution in [-0.2, 0) is 25.7 Å². The summed E-state index contributed by atoms with van der Waals surface area (Å²) in [7, 11) is 0. The maximum absolute atomic E-state index is 12.1. The summed E-state index contributed by atoms with van der Waals surface area (Å²) in [4.78, 5) is 23.6. The minimum absolute atomic E-state index is 0.124. The van der Waals surface area contributed by atoms with Gasteiger partial charge in [-0.05, 0) is 18.9 Å². The van der Waals surface area contributed by atoms with Crippen molar-refractivity contribution in [1.82, 2.24) is 0 Å². The number of ether oxygens (including phenoxy) is 2. The van der Waals surface area contributed by atoms with Crippen molar-refractivity contribution < 1.29 is 24.2 Å². The molecule has 1 N–H and O–H groups in total. The highest BCUT2D eigenvalue weighted by Crippen LogP contribution is 2.20. The van der Waals surface area contributed by atoms with Crippen molar-refractivity contribution >= 4 is 11.9 Å². The minimum Gasteiger partial charge on any atom is -0.464 e. The summed E-state index contributed by atoms with van der Waals surface area (Å²) in [5.41, 5.74) is -0.382. The van der Waals surface area contributed by atoms with E-state index in [1.54, 1.807) is 0 Å². The average Bonchev–Trinajstić information content (AvgIpc) is 2.56. The van der Waals surface area contributed by atoms with Gasteiger partial charge in [-0.2, -0.15) is 0 Å². The number of hydrogen-bond acceptors (Lipinski definition) is 5. The van der Waals surface area contributed by atoms with Crippen LogP contribution in [0.4, 0.5) is 0 Å². The molecule has 0 spiro atoms. The molecule has 1 atom stereocenters. The molecule has 0 heterocycles. The smallest absolute Gasteiger partial charge is 0.317 e. The lowest BCUT2D eigenvalue weighted by Gasteiger charge is -2.24. The lowest BCUT2D eigenvalue weighted by molar-refractivity contribution is -0.166. The van der Waals surface area contributed by atoms with Crippen molar-refractivity contribution in [3.8, 4) is 0 Å². The van der Waals surface area contributed by atoms with E-state index in [9.17, 15) is 14.7 Å². The van der Waals surface area contributed by atoms with Crippen LogP contribution in [0.25, 0.3) is 0 Å². The average molecular weight is 308 g/mol. The molecular weight excluding hydrogens is 284 g/mol. The number of aliphatic hydroxyl groups excluding tert-OH is 1. The summed E-state index contributed by atoms with van der Waals surface area (Å²) in [5, 5.41) is 9.45. The van der Waals surface area contributed by atoms with Crippen LogP contribution in [0.2, 0.25) is 0 Å². The van der Waals surface area contributed by atoms with E-state index in [0.29, 0.717) is 6.42 Å². The fourth-order valence-electron chi connectivity index (χ4n) is 1.70. The van der Waals surface area contributed by atoms with Crippen LogP contribution in [-0.4, -0.2) is 30.3 Å². The first-order valence-corrected chi connectivity index (χ1v) is 7.49. The predicted octanol–water partition coefficient (Wildman–Crippen LogP) is 2.46. The second-order valence-electron chi connectivity index (χ2n) is 5.54. The minimum atomic E-state index is -1.24. The van der Waals surface area contributed by atoms with E-state index in [1.165, 1.54) is 6.92 Å². The fourth-order valence-corrected chi connectivity index (χ4v) is 1.70. The van der Waals surface area contributed by atoms with Crippen LogP contribution in [0.1, 0.15) is 38.7 Å². The summed E-state index contributed by atoms with van der Waals surface area (Å²) in [6.07, 6.45) is 1.95. The van der Waals surface area contributed by atoms with Gasteiger partial charge in [0.25, 0.3) is 0 Å². The van der Waals surface area contributed by atoms with Crippen molar-refractivity contribution in [3.63, 3.8) is 0 Å². The SMILES string of the molecule is CCCCC(=O)OCC(C)(CO)C(=O)OCc1ccccc1. The maximum Gasteiger partial charge on any atom is 0.317 e. The third kappa shape index (κ3) is 5.85. The highest BCUT2D eigenvalue weighted by Gasteiger charge is 2.36. The Balaban J connectivity index is 2.49. The molecule has 0 fully saturated rings. The number of esters is 2. The van der Waals surface area contributed by atoms with Gasteiger partial charge in [0.1, 0.15) is 18.6 Å². The molecule has 0 saturated carbocycles. The van der Waals surface area contributed by atoms with Gasteiger partial charge in [0.2, 0.25) is 0 Å². The Morgan fingerprint density at radius 1 is 1.18 bits per heavy atom. The third-order valence-corrected chi connectivity index (χ3v) is 3.34. The van der Waals surface area contributed by atoms with E-state index in [4.69, 9.17) is 9.47 Å². The number of unbranched alkanes of at least 4 members (excludes halogenated alkanes) is 1. The normalized spacial score (nSPS) is 13.2. The van der Waals surface area contributed by atoms with Gasteiger partial charge in [-0.1, -0.05) is 43.7 Å². The molecule has 0 bridgehead atoms. The van der Waals surface area contributed by atoms with E-state index >= 15 is 0 Å². The van der Waals surface area contributed by atoms with Crippen LogP contribution in [0.5, 0.6) is 0 Å². The molecule has 0 aliphatic carbocycles. The van der Waals surface area contributed by atoms with E-state index < -0.39 is 18.0 Å². The molecule has 1 aromatic rings. The number of hydrogen-bond donors (Lipinski definition) is 1. The van der Waals surface area contributed by atoms with Gasteiger partial charge in [0, 0.05) is 6.42 Å². The second kappa shape index (κ2) is 9.20. The van der Waals surface area contributed by atoms with Crippen LogP contribution in [0, 0.1) is 5.41 Å². The Morgan fingerprint density at radius 2 is 1.86 bits per heavy atom. The molecule has 1 aromatic carbocycles. The van der Waals surface area contributed by atoms with Gasteiger partial charge >= 0.3 is 11.9 Å². The van der Waals surface area contributed by atoms with Gasteiger partial charge in [-0.15, -0.1) is 0 Å². The van der Waals surface area contributed by atoms with Crippen molar-refractivity contribution in [2.45, 2.75) is 39.7 Å². The van der Waals surface area contributed by atoms with Gasteiger partial charge < -0.3 is 14.6 Å². The van der Waals surface area contributed by atoms with Crippen LogP contribution >= 0.6 is 0 Å². The highest BCUT2D eigenvalue weighted by molar-refractivity contribution is 5.77. The van der Waals surface area contributed by atoms with Crippen molar-refractivity contribution in [3.05, 3.63) is 35.9 Å². The molecule has 1 rings (SSSR count). The standard InChI is InChI=1S/C17H24O5/c1-3-4-10-15(19)22-13-17(2,12-18)16(20)21-11-14-8-6-5-7-9-14/h5-9,18H,3-4,10-13H2,1-2H3. The zero-order chi connectivity index (χ0) is 16.4. The number of benzene rings is 1. The first-order chi connectivity index (χ1) is 10.5. The summed E-state index contributed by atoms with van der Waals surface area (Å²) < 4.78 is 10.3. The molecule has 5 nitrogen and oxygen atoms in total. The number of aliphatic hydroxyl groups is 1. The highest BCUT2D eigenvalue weighted by atomic mass is 16.6.